The van der Waals surface area contributed by atoms with Gasteiger partial charge >= 0.3 is 5.97 Å². The number of esters is 1. The van der Waals surface area contributed by atoms with Crippen LogP contribution in [0.1, 0.15) is 33.6 Å². The molecule has 0 aliphatic carbocycles. The molecule has 0 atom stereocenters. The molecule has 0 heterocycles. The highest BCUT2D eigenvalue weighted by atomic mass is 32.2. The quantitative estimate of drug-likeness (QED) is 0.512. The second-order valence-electron chi connectivity index (χ2n) is 3.20. The Bertz CT molecular complexity index is 217. The summed E-state index contributed by atoms with van der Waals surface area (Å²) < 4.78 is 4.80. The minimum absolute atomic E-state index is 0.0915. The SMILES string of the molecule is CCOC(=O)CCCSC(=O)N(CC)CC. The lowest BCUT2D eigenvalue weighted by atomic mass is 10.3. The molecule has 5 heteroatoms. The molecule has 0 aromatic rings. The Labute approximate surface area is 102 Å². The minimum Gasteiger partial charge on any atom is -0.466 e. The van der Waals surface area contributed by atoms with E-state index in [0.717, 1.165) is 13.1 Å². The number of hydrogen-bond donors (Lipinski definition) is 0. The largest absolute Gasteiger partial charge is 0.466 e. The number of amides is 1. The van der Waals surface area contributed by atoms with E-state index in [0.29, 0.717) is 25.2 Å². The van der Waals surface area contributed by atoms with Crippen molar-refractivity contribution < 1.29 is 14.3 Å². The van der Waals surface area contributed by atoms with Crippen LogP contribution in [0, 0.1) is 0 Å². The summed E-state index contributed by atoms with van der Waals surface area (Å²) in [4.78, 5) is 24.3. The van der Waals surface area contributed by atoms with Gasteiger partial charge in [0.1, 0.15) is 0 Å². The summed E-state index contributed by atoms with van der Waals surface area (Å²) in [5.74, 6) is 0.493. The Hall–Kier alpha value is -0.710. The maximum absolute atomic E-state index is 11.5. The van der Waals surface area contributed by atoms with Crippen molar-refractivity contribution in [3.63, 3.8) is 0 Å². The summed E-state index contributed by atoms with van der Waals surface area (Å²) in [5, 5.41) is 0.0915. The fraction of sp³-hybridized carbons (Fsp3) is 0.818. The molecule has 0 saturated carbocycles. The van der Waals surface area contributed by atoms with Gasteiger partial charge in [0, 0.05) is 25.3 Å². The zero-order valence-corrected chi connectivity index (χ0v) is 11.1. The summed E-state index contributed by atoms with van der Waals surface area (Å²) in [6, 6.07) is 0. The number of ether oxygens (including phenoxy) is 1. The van der Waals surface area contributed by atoms with Crippen molar-refractivity contribution in [2.45, 2.75) is 33.6 Å². The molecule has 0 N–H and O–H groups in total. The maximum Gasteiger partial charge on any atom is 0.305 e. The number of carbonyl (C=O) groups excluding carboxylic acids is 2. The third kappa shape index (κ3) is 6.71. The smallest absolute Gasteiger partial charge is 0.305 e. The van der Waals surface area contributed by atoms with Crippen LogP contribution in [0.25, 0.3) is 0 Å². The van der Waals surface area contributed by atoms with Crippen LogP contribution in [0.3, 0.4) is 0 Å². The second-order valence-corrected chi connectivity index (χ2v) is 4.24. The van der Waals surface area contributed by atoms with E-state index in [1.807, 2.05) is 13.8 Å². The van der Waals surface area contributed by atoms with E-state index in [1.165, 1.54) is 11.8 Å². The van der Waals surface area contributed by atoms with Crippen molar-refractivity contribution in [3.05, 3.63) is 0 Å². The molecule has 0 unspecified atom stereocenters. The van der Waals surface area contributed by atoms with Crippen LogP contribution in [-0.4, -0.2) is 41.6 Å². The number of nitrogens with zero attached hydrogens (tertiary/aromatic N) is 1. The van der Waals surface area contributed by atoms with Crippen molar-refractivity contribution in [1.29, 1.82) is 0 Å². The molecule has 0 saturated heterocycles. The summed E-state index contributed by atoms with van der Waals surface area (Å²) in [6.45, 7) is 7.60. The van der Waals surface area contributed by atoms with Crippen molar-refractivity contribution in [2.75, 3.05) is 25.4 Å². The molecule has 0 aliphatic heterocycles. The Morgan fingerprint density at radius 1 is 1.19 bits per heavy atom. The number of thioether (sulfide) groups is 1. The van der Waals surface area contributed by atoms with Crippen molar-refractivity contribution in [1.82, 2.24) is 4.90 Å². The van der Waals surface area contributed by atoms with Crippen LogP contribution in [0.2, 0.25) is 0 Å². The van der Waals surface area contributed by atoms with Crippen LogP contribution in [0.4, 0.5) is 4.79 Å². The number of rotatable bonds is 7. The molecule has 0 bridgehead atoms. The highest BCUT2D eigenvalue weighted by Crippen LogP contribution is 2.11. The van der Waals surface area contributed by atoms with E-state index in [2.05, 4.69) is 0 Å². The average molecular weight is 247 g/mol. The lowest BCUT2D eigenvalue weighted by Gasteiger charge is -2.17. The molecule has 0 radical (unpaired) electrons. The topological polar surface area (TPSA) is 46.6 Å². The summed E-state index contributed by atoms with van der Waals surface area (Å²) in [5.41, 5.74) is 0. The van der Waals surface area contributed by atoms with Gasteiger partial charge in [0.2, 0.25) is 0 Å². The number of carbonyl (C=O) groups is 2. The first-order valence-electron chi connectivity index (χ1n) is 5.72. The van der Waals surface area contributed by atoms with Crippen molar-refractivity contribution >= 4 is 23.0 Å². The molecule has 0 rings (SSSR count). The molecule has 0 aliphatic rings. The van der Waals surface area contributed by atoms with E-state index >= 15 is 0 Å². The Morgan fingerprint density at radius 2 is 1.81 bits per heavy atom. The van der Waals surface area contributed by atoms with Gasteiger partial charge in [-0.2, -0.15) is 0 Å². The van der Waals surface area contributed by atoms with Crippen LogP contribution < -0.4 is 0 Å². The van der Waals surface area contributed by atoms with E-state index in [1.54, 1.807) is 11.8 Å². The van der Waals surface area contributed by atoms with E-state index in [4.69, 9.17) is 4.74 Å². The van der Waals surface area contributed by atoms with Crippen molar-refractivity contribution in [3.8, 4) is 0 Å². The summed E-state index contributed by atoms with van der Waals surface area (Å²) >= 11 is 1.27. The fourth-order valence-corrected chi connectivity index (χ4v) is 2.09. The molecule has 4 nitrogen and oxygen atoms in total. The molecule has 0 spiro atoms. The van der Waals surface area contributed by atoms with Gasteiger partial charge in [-0.1, -0.05) is 11.8 Å². The predicted molar refractivity (Wildman–Crippen MR) is 66.6 cm³/mol. The molecule has 0 fully saturated rings. The first kappa shape index (κ1) is 15.3. The van der Waals surface area contributed by atoms with Crippen LogP contribution >= 0.6 is 11.8 Å². The van der Waals surface area contributed by atoms with Gasteiger partial charge in [-0.05, 0) is 27.2 Å². The zero-order valence-electron chi connectivity index (χ0n) is 10.3. The summed E-state index contributed by atoms with van der Waals surface area (Å²) in [6.07, 6.45) is 1.09. The van der Waals surface area contributed by atoms with Gasteiger partial charge in [-0.25, -0.2) is 0 Å². The second kappa shape index (κ2) is 9.51. The van der Waals surface area contributed by atoms with E-state index in [9.17, 15) is 9.59 Å². The Balaban J connectivity index is 3.58. The molecule has 0 aromatic carbocycles. The van der Waals surface area contributed by atoms with Crippen LogP contribution in [0.5, 0.6) is 0 Å². The van der Waals surface area contributed by atoms with Crippen molar-refractivity contribution in [2.24, 2.45) is 0 Å². The number of hydrogen-bond acceptors (Lipinski definition) is 4. The lowest BCUT2D eigenvalue weighted by molar-refractivity contribution is -0.143. The monoisotopic (exact) mass is 247 g/mol. The first-order valence-corrected chi connectivity index (χ1v) is 6.71. The van der Waals surface area contributed by atoms with E-state index < -0.39 is 0 Å². The van der Waals surface area contributed by atoms with Gasteiger partial charge in [0.05, 0.1) is 6.61 Å². The maximum atomic E-state index is 11.5. The predicted octanol–water partition coefficient (Wildman–Crippen LogP) is 2.52. The van der Waals surface area contributed by atoms with Gasteiger partial charge in [-0.3, -0.25) is 9.59 Å². The standard InChI is InChI=1S/C11H21NO3S/c1-4-12(5-2)11(14)16-9-7-8-10(13)15-6-3/h4-9H2,1-3H3. The zero-order chi connectivity index (χ0) is 12.4. The normalized spacial score (nSPS) is 9.94. The molecule has 16 heavy (non-hydrogen) atoms. The van der Waals surface area contributed by atoms with Crippen LogP contribution in [-0.2, 0) is 9.53 Å². The molecule has 1 amide bonds. The first-order chi connectivity index (χ1) is 7.65. The average Bonchev–Trinajstić information content (AvgIpc) is 2.26. The molecule has 94 valence electrons. The van der Waals surface area contributed by atoms with E-state index in [-0.39, 0.29) is 11.2 Å². The third-order valence-corrected chi connectivity index (χ3v) is 3.08. The van der Waals surface area contributed by atoms with Crippen LogP contribution in [0.15, 0.2) is 0 Å². The molecular formula is C11H21NO3S. The minimum atomic E-state index is -0.182. The molecule has 0 aromatic heterocycles. The lowest BCUT2D eigenvalue weighted by Crippen LogP contribution is -2.27. The van der Waals surface area contributed by atoms with Gasteiger partial charge < -0.3 is 9.64 Å². The Morgan fingerprint density at radius 3 is 2.31 bits per heavy atom. The Kier molecular flexibility index (Phi) is 9.09. The molecular weight excluding hydrogens is 226 g/mol. The van der Waals surface area contributed by atoms with Gasteiger partial charge in [-0.15, -0.1) is 0 Å². The fourth-order valence-electron chi connectivity index (χ4n) is 1.18. The van der Waals surface area contributed by atoms with Gasteiger partial charge in [0.15, 0.2) is 0 Å². The summed E-state index contributed by atoms with van der Waals surface area (Å²) in [7, 11) is 0. The highest BCUT2D eigenvalue weighted by molar-refractivity contribution is 8.13. The third-order valence-electron chi connectivity index (χ3n) is 2.08. The van der Waals surface area contributed by atoms with Gasteiger partial charge in [0.25, 0.3) is 5.24 Å². The highest BCUT2D eigenvalue weighted by Gasteiger charge is 2.10.